The van der Waals surface area contributed by atoms with Gasteiger partial charge < -0.3 is 10.6 Å². The minimum Gasteiger partial charge on any atom is -0.348 e. The average molecular weight is 367 g/mol. The van der Waals surface area contributed by atoms with Gasteiger partial charge in [-0.3, -0.25) is 14.6 Å². The number of carbonyl (C=O) groups is 2. The molecule has 0 aliphatic rings. The number of nitrogens with zero attached hydrogens (tertiary/aromatic N) is 1. The number of halogens is 2. The quantitative estimate of drug-likeness (QED) is 0.725. The molecule has 0 aliphatic carbocycles. The van der Waals surface area contributed by atoms with Gasteiger partial charge in [-0.2, -0.15) is 0 Å². The first-order valence-corrected chi connectivity index (χ1v) is 8.06. The number of anilines is 1. The van der Waals surface area contributed by atoms with E-state index in [1.807, 2.05) is 0 Å². The van der Waals surface area contributed by atoms with Crippen molar-refractivity contribution in [2.75, 3.05) is 5.32 Å². The first-order chi connectivity index (χ1) is 13.0. The van der Waals surface area contributed by atoms with Gasteiger partial charge in [0.25, 0.3) is 11.8 Å². The van der Waals surface area contributed by atoms with Crippen LogP contribution in [0.2, 0.25) is 0 Å². The first kappa shape index (κ1) is 18.2. The molecule has 1 heterocycles. The Hall–Kier alpha value is -3.61. The Bertz CT molecular complexity index is 978. The van der Waals surface area contributed by atoms with Crippen LogP contribution in [0.15, 0.2) is 67.0 Å². The summed E-state index contributed by atoms with van der Waals surface area (Å²) >= 11 is 0. The van der Waals surface area contributed by atoms with Crippen LogP contribution in [0.5, 0.6) is 0 Å². The van der Waals surface area contributed by atoms with Crippen molar-refractivity contribution in [1.29, 1.82) is 0 Å². The lowest BCUT2D eigenvalue weighted by Crippen LogP contribution is -2.23. The number of pyridine rings is 1. The number of amides is 2. The zero-order valence-electron chi connectivity index (χ0n) is 14.1. The van der Waals surface area contributed by atoms with Gasteiger partial charge in [-0.15, -0.1) is 0 Å². The fourth-order valence-electron chi connectivity index (χ4n) is 2.37. The molecule has 0 saturated carbocycles. The standard InChI is InChI=1S/C20H15F2N3O2/c21-16-4-5-18(17(22)11-16)25-20(27)15-3-1-2-14(10-15)19(26)24-12-13-6-8-23-9-7-13/h1-11H,12H2,(H,24,26)(H,25,27). The van der Waals surface area contributed by atoms with Gasteiger partial charge in [0.05, 0.1) is 5.69 Å². The van der Waals surface area contributed by atoms with E-state index in [0.717, 1.165) is 17.7 Å². The van der Waals surface area contributed by atoms with Crippen molar-refractivity contribution in [3.05, 3.63) is 95.3 Å². The highest BCUT2D eigenvalue weighted by Crippen LogP contribution is 2.16. The van der Waals surface area contributed by atoms with Gasteiger partial charge in [0.2, 0.25) is 0 Å². The minimum atomic E-state index is -0.880. The molecule has 136 valence electrons. The second-order valence-electron chi connectivity index (χ2n) is 5.70. The number of benzene rings is 2. The summed E-state index contributed by atoms with van der Waals surface area (Å²) in [4.78, 5) is 28.5. The summed E-state index contributed by atoms with van der Waals surface area (Å²) < 4.78 is 26.6. The SMILES string of the molecule is O=C(NCc1ccncc1)c1cccc(C(=O)Nc2ccc(F)cc2F)c1. The number of carbonyl (C=O) groups excluding carboxylic acids is 2. The molecule has 7 heteroatoms. The highest BCUT2D eigenvalue weighted by atomic mass is 19.1. The summed E-state index contributed by atoms with van der Waals surface area (Å²) in [6.45, 7) is 0.318. The highest BCUT2D eigenvalue weighted by Gasteiger charge is 2.13. The third-order valence-corrected chi connectivity index (χ3v) is 3.77. The Morgan fingerprint density at radius 3 is 2.30 bits per heavy atom. The summed E-state index contributed by atoms with van der Waals surface area (Å²) in [6.07, 6.45) is 3.25. The van der Waals surface area contributed by atoms with Crippen LogP contribution < -0.4 is 10.6 Å². The third-order valence-electron chi connectivity index (χ3n) is 3.77. The molecule has 2 amide bonds. The van der Waals surface area contributed by atoms with Gasteiger partial charge in [-0.25, -0.2) is 8.78 Å². The van der Waals surface area contributed by atoms with Crippen LogP contribution in [0.25, 0.3) is 0 Å². The molecule has 3 aromatic rings. The zero-order chi connectivity index (χ0) is 19.2. The molecule has 0 unspecified atom stereocenters. The van der Waals surface area contributed by atoms with E-state index in [1.54, 1.807) is 36.7 Å². The van der Waals surface area contributed by atoms with Gasteiger partial charge in [0, 0.05) is 36.1 Å². The molecular formula is C20H15F2N3O2. The molecule has 0 bridgehead atoms. The molecule has 0 spiro atoms. The third kappa shape index (κ3) is 4.72. The van der Waals surface area contributed by atoms with E-state index in [2.05, 4.69) is 15.6 Å². The normalized spacial score (nSPS) is 10.3. The Morgan fingerprint density at radius 1 is 0.889 bits per heavy atom. The minimum absolute atomic E-state index is 0.144. The molecule has 0 atom stereocenters. The van der Waals surface area contributed by atoms with Crippen molar-refractivity contribution in [3.8, 4) is 0 Å². The van der Waals surface area contributed by atoms with Crippen molar-refractivity contribution in [1.82, 2.24) is 10.3 Å². The average Bonchev–Trinajstić information content (AvgIpc) is 2.69. The van der Waals surface area contributed by atoms with Crippen LogP contribution in [-0.2, 0) is 6.54 Å². The van der Waals surface area contributed by atoms with Crippen molar-refractivity contribution in [2.24, 2.45) is 0 Å². The van der Waals surface area contributed by atoms with E-state index >= 15 is 0 Å². The van der Waals surface area contributed by atoms with Gasteiger partial charge in [0.15, 0.2) is 0 Å². The van der Waals surface area contributed by atoms with Gasteiger partial charge >= 0.3 is 0 Å². The van der Waals surface area contributed by atoms with E-state index in [4.69, 9.17) is 0 Å². The summed E-state index contributed by atoms with van der Waals surface area (Å²) in [6, 6.07) is 12.4. The highest BCUT2D eigenvalue weighted by molar-refractivity contribution is 6.06. The lowest BCUT2D eigenvalue weighted by molar-refractivity contribution is 0.0951. The molecule has 2 aromatic carbocycles. The van der Waals surface area contributed by atoms with Crippen molar-refractivity contribution >= 4 is 17.5 Å². The van der Waals surface area contributed by atoms with Gasteiger partial charge in [-0.05, 0) is 48.0 Å². The summed E-state index contributed by atoms with van der Waals surface area (Å²) in [5.74, 6) is -2.58. The molecule has 1 aromatic heterocycles. The van der Waals surface area contributed by atoms with Crippen LogP contribution in [0.3, 0.4) is 0 Å². The van der Waals surface area contributed by atoms with E-state index in [0.29, 0.717) is 12.6 Å². The van der Waals surface area contributed by atoms with Crippen molar-refractivity contribution < 1.29 is 18.4 Å². The van der Waals surface area contributed by atoms with Crippen LogP contribution >= 0.6 is 0 Å². The number of aromatic nitrogens is 1. The molecule has 27 heavy (non-hydrogen) atoms. The number of nitrogens with one attached hydrogen (secondary N) is 2. The maximum atomic E-state index is 13.7. The van der Waals surface area contributed by atoms with Crippen molar-refractivity contribution in [3.63, 3.8) is 0 Å². The molecule has 0 aliphatic heterocycles. The van der Waals surface area contributed by atoms with E-state index in [9.17, 15) is 18.4 Å². The van der Waals surface area contributed by atoms with Crippen LogP contribution in [0.1, 0.15) is 26.3 Å². The zero-order valence-corrected chi connectivity index (χ0v) is 14.1. The lowest BCUT2D eigenvalue weighted by Gasteiger charge is -2.09. The smallest absolute Gasteiger partial charge is 0.255 e. The Morgan fingerprint density at radius 2 is 1.59 bits per heavy atom. The maximum Gasteiger partial charge on any atom is 0.255 e. The van der Waals surface area contributed by atoms with Crippen molar-refractivity contribution in [2.45, 2.75) is 6.54 Å². The summed E-state index contributed by atoms with van der Waals surface area (Å²) in [7, 11) is 0. The number of hydrogen-bond acceptors (Lipinski definition) is 3. The Kier molecular flexibility index (Phi) is 5.51. The number of rotatable bonds is 5. The fourth-order valence-corrected chi connectivity index (χ4v) is 2.37. The molecule has 0 saturated heterocycles. The summed E-state index contributed by atoms with van der Waals surface area (Å²) in [5, 5.41) is 5.10. The first-order valence-electron chi connectivity index (χ1n) is 8.06. The van der Waals surface area contributed by atoms with Crippen LogP contribution in [-0.4, -0.2) is 16.8 Å². The molecule has 2 N–H and O–H groups in total. The predicted octanol–water partition coefficient (Wildman–Crippen LogP) is 3.54. The molecule has 3 rings (SSSR count). The van der Waals surface area contributed by atoms with Gasteiger partial charge in [0.1, 0.15) is 11.6 Å². The topological polar surface area (TPSA) is 71.1 Å². The fraction of sp³-hybridized carbons (Fsp3) is 0.0500. The maximum absolute atomic E-state index is 13.7. The Balaban J connectivity index is 1.68. The Labute approximate surface area is 154 Å². The molecule has 0 radical (unpaired) electrons. The predicted molar refractivity (Wildman–Crippen MR) is 96.2 cm³/mol. The molecular weight excluding hydrogens is 352 g/mol. The van der Waals surface area contributed by atoms with E-state index in [-0.39, 0.29) is 22.7 Å². The monoisotopic (exact) mass is 367 g/mol. The molecule has 5 nitrogen and oxygen atoms in total. The number of hydrogen-bond donors (Lipinski definition) is 2. The van der Waals surface area contributed by atoms with E-state index < -0.39 is 17.5 Å². The molecule has 0 fully saturated rings. The summed E-state index contributed by atoms with van der Waals surface area (Å²) in [5.41, 5.74) is 1.21. The van der Waals surface area contributed by atoms with Crippen LogP contribution in [0, 0.1) is 11.6 Å². The van der Waals surface area contributed by atoms with E-state index in [1.165, 1.54) is 12.1 Å². The van der Waals surface area contributed by atoms with Crippen LogP contribution in [0.4, 0.5) is 14.5 Å². The van der Waals surface area contributed by atoms with Gasteiger partial charge in [-0.1, -0.05) is 6.07 Å². The lowest BCUT2D eigenvalue weighted by atomic mass is 10.1. The largest absolute Gasteiger partial charge is 0.348 e. The second-order valence-corrected chi connectivity index (χ2v) is 5.70. The second kappa shape index (κ2) is 8.18.